The number of pyridine rings is 1. The Hall–Kier alpha value is -1.13. The van der Waals surface area contributed by atoms with Gasteiger partial charge in [-0.05, 0) is 32.5 Å². The third-order valence-corrected chi connectivity index (χ3v) is 3.60. The number of piperidine rings is 1. The summed E-state index contributed by atoms with van der Waals surface area (Å²) in [5.74, 6) is 0.684. The SMILES string of the molecule is COc1cccc(CNCC2CCCCN2C)n1. The minimum Gasteiger partial charge on any atom is -0.481 e. The molecule has 100 valence electrons. The summed E-state index contributed by atoms with van der Waals surface area (Å²) in [4.78, 5) is 6.85. The normalized spacial score (nSPS) is 20.9. The predicted molar refractivity (Wildman–Crippen MR) is 72.8 cm³/mol. The minimum atomic E-state index is 0.671. The molecule has 1 aliphatic heterocycles. The van der Waals surface area contributed by atoms with Crippen molar-refractivity contribution in [2.24, 2.45) is 0 Å². The predicted octanol–water partition coefficient (Wildman–Crippen LogP) is 1.66. The molecule has 4 heteroatoms. The van der Waals surface area contributed by atoms with Gasteiger partial charge in [0.1, 0.15) is 0 Å². The van der Waals surface area contributed by atoms with Crippen molar-refractivity contribution in [1.29, 1.82) is 0 Å². The molecule has 1 aromatic rings. The van der Waals surface area contributed by atoms with E-state index in [0.717, 1.165) is 18.8 Å². The summed E-state index contributed by atoms with van der Waals surface area (Å²) < 4.78 is 5.12. The first-order chi connectivity index (χ1) is 8.79. The van der Waals surface area contributed by atoms with E-state index in [-0.39, 0.29) is 0 Å². The van der Waals surface area contributed by atoms with Gasteiger partial charge in [-0.2, -0.15) is 0 Å². The molecule has 18 heavy (non-hydrogen) atoms. The van der Waals surface area contributed by atoms with Crippen LogP contribution in [0.4, 0.5) is 0 Å². The Labute approximate surface area is 109 Å². The number of hydrogen-bond donors (Lipinski definition) is 1. The molecule has 1 aliphatic rings. The van der Waals surface area contributed by atoms with Gasteiger partial charge in [-0.15, -0.1) is 0 Å². The lowest BCUT2D eigenvalue weighted by molar-refractivity contribution is 0.181. The van der Waals surface area contributed by atoms with Gasteiger partial charge in [-0.1, -0.05) is 12.5 Å². The zero-order chi connectivity index (χ0) is 12.8. The van der Waals surface area contributed by atoms with Crippen molar-refractivity contribution in [2.75, 3.05) is 27.2 Å². The van der Waals surface area contributed by atoms with Crippen LogP contribution in [0.1, 0.15) is 25.0 Å². The fourth-order valence-electron chi connectivity index (χ4n) is 2.44. The van der Waals surface area contributed by atoms with E-state index < -0.39 is 0 Å². The van der Waals surface area contributed by atoms with Gasteiger partial charge in [0.2, 0.25) is 5.88 Å². The number of rotatable bonds is 5. The third-order valence-electron chi connectivity index (χ3n) is 3.60. The maximum Gasteiger partial charge on any atom is 0.213 e. The second-order valence-electron chi connectivity index (χ2n) is 4.93. The Kier molecular flexibility index (Phi) is 4.96. The molecule has 2 rings (SSSR count). The first-order valence-electron chi connectivity index (χ1n) is 6.70. The van der Waals surface area contributed by atoms with Crippen molar-refractivity contribution >= 4 is 0 Å². The number of likely N-dealkylation sites (tertiary alicyclic amines) is 1. The first kappa shape index (κ1) is 13.3. The number of aromatic nitrogens is 1. The number of likely N-dealkylation sites (N-methyl/N-ethyl adjacent to an activating group) is 1. The highest BCUT2D eigenvalue weighted by molar-refractivity contribution is 5.15. The Morgan fingerprint density at radius 2 is 2.33 bits per heavy atom. The van der Waals surface area contributed by atoms with Gasteiger partial charge in [-0.3, -0.25) is 0 Å². The van der Waals surface area contributed by atoms with Crippen molar-refractivity contribution in [2.45, 2.75) is 31.8 Å². The summed E-state index contributed by atoms with van der Waals surface area (Å²) in [7, 11) is 3.87. The van der Waals surface area contributed by atoms with Gasteiger partial charge >= 0.3 is 0 Å². The summed E-state index contributed by atoms with van der Waals surface area (Å²) in [5.41, 5.74) is 1.04. The van der Waals surface area contributed by atoms with Crippen LogP contribution in [0.5, 0.6) is 5.88 Å². The summed E-state index contributed by atoms with van der Waals surface area (Å²) in [5, 5.41) is 3.49. The van der Waals surface area contributed by atoms with Crippen LogP contribution in [0.2, 0.25) is 0 Å². The molecule has 1 N–H and O–H groups in total. The second kappa shape index (κ2) is 6.71. The fraction of sp³-hybridized carbons (Fsp3) is 0.643. The van der Waals surface area contributed by atoms with Crippen LogP contribution < -0.4 is 10.1 Å². The van der Waals surface area contributed by atoms with E-state index in [2.05, 4.69) is 22.2 Å². The van der Waals surface area contributed by atoms with Gasteiger partial charge in [-0.25, -0.2) is 4.98 Å². The van der Waals surface area contributed by atoms with Crippen LogP contribution in [-0.2, 0) is 6.54 Å². The number of methoxy groups -OCH3 is 1. The highest BCUT2D eigenvalue weighted by Gasteiger charge is 2.17. The number of ether oxygens (including phenoxy) is 1. The molecule has 2 heterocycles. The fourth-order valence-corrected chi connectivity index (χ4v) is 2.44. The minimum absolute atomic E-state index is 0.671. The van der Waals surface area contributed by atoms with E-state index in [1.165, 1.54) is 25.8 Å². The Morgan fingerprint density at radius 1 is 1.44 bits per heavy atom. The molecule has 0 radical (unpaired) electrons. The van der Waals surface area contributed by atoms with Crippen LogP contribution in [0, 0.1) is 0 Å². The highest BCUT2D eigenvalue weighted by Crippen LogP contribution is 2.14. The number of nitrogens with one attached hydrogen (secondary N) is 1. The summed E-state index contributed by atoms with van der Waals surface area (Å²) in [6, 6.07) is 6.55. The zero-order valence-corrected chi connectivity index (χ0v) is 11.4. The monoisotopic (exact) mass is 249 g/mol. The summed E-state index contributed by atoms with van der Waals surface area (Å²) >= 11 is 0. The second-order valence-corrected chi connectivity index (χ2v) is 4.93. The highest BCUT2D eigenvalue weighted by atomic mass is 16.5. The maximum absolute atomic E-state index is 5.12. The summed E-state index contributed by atoms with van der Waals surface area (Å²) in [6.07, 6.45) is 3.99. The number of hydrogen-bond acceptors (Lipinski definition) is 4. The quantitative estimate of drug-likeness (QED) is 0.861. The van der Waals surface area contributed by atoms with Gasteiger partial charge in [0, 0.05) is 25.2 Å². The number of nitrogens with zero attached hydrogens (tertiary/aromatic N) is 2. The molecule has 0 bridgehead atoms. The molecule has 4 nitrogen and oxygen atoms in total. The van der Waals surface area contributed by atoms with Crippen LogP contribution >= 0.6 is 0 Å². The zero-order valence-electron chi connectivity index (χ0n) is 11.4. The van der Waals surface area contributed by atoms with E-state index in [1.807, 2.05) is 18.2 Å². The lowest BCUT2D eigenvalue weighted by Gasteiger charge is -2.32. The molecule has 1 saturated heterocycles. The molecule has 0 aromatic carbocycles. The summed E-state index contributed by atoms with van der Waals surface area (Å²) in [6.45, 7) is 3.07. The van der Waals surface area contributed by atoms with E-state index in [0.29, 0.717) is 11.9 Å². The van der Waals surface area contributed by atoms with Crippen molar-refractivity contribution in [3.63, 3.8) is 0 Å². The van der Waals surface area contributed by atoms with Crippen LogP contribution in [-0.4, -0.2) is 43.2 Å². The molecule has 0 aliphatic carbocycles. The third kappa shape index (κ3) is 3.68. The molecule has 1 unspecified atom stereocenters. The van der Waals surface area contributed by atoms with Crippen molar-refractivity contribution < 1.29 is 4.74 Å². The molecule has 0 spiro atoms. The standard InChI is InChI=1S/C14H23N3O/c1-17-9-4-3-7-13(17)11-15-10-12-6-5-8-14(16-12)18-2/h5-6,8,13,15H,3-4,7,9-11H2,1-2H3. The van der Waals surface area contributed by atoms with E-state index in [1.54, 1.807) is 7.11 Å². The molecule has 1 fully saturated rings. The van der Waals surface area contributed by atoms with Crippen LogP contribution in [0.3, 0.4) is 0 Å². The van der Waals surface area contributed by atoms with E-state index in [9.17, 15) is 0 Å². The first-order valence-corrected chi connectivity index (χ1v) is 6.70. The lowest BCUT2D eigenvalue weighted by atomic mass is 10.0. The van der Waals surface area contributed by atoms with Gasteiger partial charge in [0.05, 0.1) is 12.8 Å². The largest absolute Gasteiger partial charge is 0.481 e. The van der Waals surface area contributed by atoms with Crippen molar-refractivity contribution in [3.8, 4) is 5.88 Å². The Balaban J connectivity index is 1.77. The Bertz CT molecular complexity index is 370. The van der Waals surface area contributed by atoms with Crippen molar-refractivity contribution in [3.05, 3.63) is 23.9 Å². The van der Waals surface area contributed by atoms with Crippen LogP contribution in [0.25, 0.3) is 0 Å². The average Bonchev–Trinajstić information content (AvgIpc) is 2.41. The maximum atomic E-state index is 5.12. The molecule has 0 amide bonds. The van der Waals surface area contributed by atoms with Gasteiger partial charge < -0.3 is 15.0 Å². The molecule has 0 saturated carbocycles. The molecule has 1 aromatic heterocycles. The lowest BCUT2D eigenvalue weighted by Crippen LogP contribution is -2.42. The van der Waals surface area contributed by atoms with E-state index >= 15 is 0 Å². The molecular weight excluding hydrogens is 226 g/mol. The Morgan fingerprint density at radius 3 is 3.11 bits per heavy atom. The van der Waals surface area contributed by atoms with E-state index in [4.69, 9.17) is 4.74 Å². The molecule has 1 atom stereocenters. The smallest absolute Gasteiger partial charge is 0.213 e. The van der Waals surface area contributed by atoms with Gasteiger partial charge in [0.15, 0.2) is 0 Å². The van der Waals surface area contributed by atoms with Crippen LogP contribution in [0.15, 0.2) is 18.2 Å². The molecular formula is C14H23N3O. The topological polar surface area (TPSA) is 37.4 Å². The average molecular weight is 249 g/mol. The van der Waals surface area contributed by atoms with Crippen molar-refractivity contribution in [1.82, 2.24) is 15.2 Å². The van der Waals surface area contributed by atoms with Gasteiger partial charge in [0.25, 0.3) is 0 Å².